The van der Waals surface area contributed by atoms with E-state index in [9.17, 15) is 9.59 Å². The highest BCUT2D eigenvalue weighted by atomic mass is 32.1. The lowest BCUT2D eigenvalue weighted by atomic mass is 9.92. The maximum Gasteiger partial charge on any atom is 0.303 e. The second kappa shape index (κ2) is 6.64. The summed E-state index contributed by atoms with van der Waals surface area (Å²) in [6.07, 6.45) is -0.440. The highest BCUT2D eigenvalue weighted by molar-refractivity contribution is 7.78. The average molecular weight is 265 g/mol. The highest BCUT2D eigenvalue weighted by Crippen LogP contribution is 2.25. The Balaban J connectivity index is 2.93. The van der Waals surface area contributed by atoms with Gasteiger partial charge < -0.3 is 10.2 Å². The van der Waals surface area contributed by atoms with Crippen molar-refractivity contribution < 1.29 is 19.8 Å². The number of aliphatic imine (C=N–C) groups is 1. The van der Waals surface area contributed by atoms with Gasteiger partial charge in [-0.2, -0.15) is 4.99 Å². The van der Waals surface area contributed by atoms with Crippen molar-refractivity contribution >= 4 is 35.0 Å². The van der Waals surface area contributed by atoms with Gasteiger partial charge >= 0.3 is 11.9 Å². The second-order valence-corrected chi connectivity index (χ2v) is 3.87. The molecule has 0 aromatic heterocycles. The molecule has 18 heavy (non-hydrogen) atoms. The van der Waals surface area contributed by atoms with Crippen LogP contribution in [0.2, 0.25) is 0 Å². The van der Waals surface area contributed by atoms with Gasteiger partial charge in [0.05, 0.1) is 23.7 Å². The summed E-state index contributed by atoms with van der Waals surface area (Å²) in [4.78, 5) is 25.2. The lowest BCUT2D eigenvalue weighted by molar-refractivity contribution is -0.139. The van der Waals surface area contributed by atoms with E-state index in [4.69, 9.17) is 10.2 Å². The minimum atomic E-state index is -1.03. The minimum Gasteiger partial charge on any atom is -0.481 e. The van der Waals surface area contributed by atoms with Crippen molar-refractivity contribution in [3.05, 3.63) is 29.8 Å². The molecule has 0 radical (unpaired) electrons. The third-order valence-corrected chi connectivity index (χ3v) is 2.47. The van der Waals surface area contributed by atoms with Gasteiger partial charge in [0.25, 0.3) is 0 Å². The van der Waals surface area contributed by atoms with E-state index in [0.29, 0.717) is 11.3 Å². The molecule has 5 nitrogen and oxygen atoms in total. The summed E-state index contributed by atoms with van der Waals surface area (Å²) in [5.41, 5.74) is 1.25. The summed E-state index contributed by atoms with van der Waals surface area (Å²) in [6.45, 7) is 0. The van der Waals surface area contributed by atoms with Gasteiger partial charge in [0.15, 0.2) is 0 Å². The smallest absolute Gasteiger partial charge is 0.303 e. The molecule has 0 spiro atoms. The van der Waals surface area contributed by atoms with Crippen LogP contribution in [0.5, 0.6) is 0 Å². The van der Waals surface area contributed by atoms with E-state index in [1.165, 1.54) is 0 Å². The molecule has 0 heterocycles. The molecule has 0 fully saturated rings. The van der Waals surface area contributed by atoms with Crippen molar-refractivity contribution in [3.8, 4) is 0 Å². The van der Waals surface area contributed by atoms with E-state index in [0.717, 1.165) is 0 Å². The quantitative estimate of drug-likeness (QED) is 0.609. The SMILES string of the molecule is O=C(O)CC(CC(=O)O)c1ccc(N=C=S)cc1. The van der Waals surface area contributed by atoms with Crippen molar-refractivity contribution in [2.24, 2.45) is 4.99 Å². The van der Waals surface area contributed by atoms with E-state index in [1.807, 2.05) is 0 Å². The maximum atomic E-state index is 10.7. The van der Waals surface area contributed by atoms with Crippen LogP contribution in [-0.2, 0) is 9.59 Å². The van der Waals surface area contributed by atoms with Crippen molar-refractivity contribution in [1.82, 2.24) is 0 Å². The first-order chi connectivity index (χ1) is 8.52. The maximum absolute atomic E-state index is 10.7. The predicted molar refractivity (Wildman–Crippen MR) is 68.4 cm³/mol. The standard InChI is InChI=1S/C12H11NO4S/c14-11(15)5-9(6-12(16)17)8-1-3-10(4-2-8)13-7-18/h1-4,9H,5-6H2,(H,14,15)(H,16,17). The number of rotatable bonds is 6. The molecule has 0 saturated heterocycles. The topological polar surface area (TPSA) is 87.0 Å². The number of nitrogens with zero attached hydrogens (tertiary/aromatic N) is 1. The van der Waals surface area contributed by atoms with Gasteiger partial charge in [0.2, 0.25) is 0 Å². The number of carboxylic acid groups (broad SMARTS) is 2. The van der Waals surface area contributed by atoms with E-state index in [-0.39, 0.29) is 12.8 Å². The van der Waals surface area contributed by atoms with Gasteiger partial charge in [-0.05, 0) is 29.9 Å². The van der Waals surface area contributed by atoms with E-state index in [2.05, 4.69) is 22.4 Å². The molecule has 0 aliphatic rings. The second-order valence-electron chi connectivity index (χ2n) is 3.69. The van der Waals surface area contributed by atoms with Crippen LogP contribution in [0.25, 0.3) is 0 Å². The Labute approximate surface area is 109 Å². The fourth-order valence-electron chi connectivity index (χ4n) is 1.60. The third-order valence-electron chi connectivity index (χ3n) is 2.38. The first kappa shape index (κ1) is 14.0. The molecule has 0 saturated carbocycles. The number of carboxylic acids is 2. The van der Waals surface area contributed by atoms with Crippen molar-refractivity contribution in [2.45, 2.75) is 18.8 Å². The Bertz CT molecular complexity index is 475. The zero-order valence-corrected chi connectivity index (χ0v) is 10.2. The monoisotopic (exact) mass is 265 g/mol. The number of thiocarbonyl (C=S) groups is 1. The fourth-order valence-corrected chi connectivity index (χ4v) is 1.71. The van der Waals surface area contributed by atoms with Crippen LogP contribution in [0.15, 0.2) is 29.3 Å². The molecule has 0 amide bonds. The molecular weight excluding hydrogens is 254 g/mol. The van der Waals surface area contributed by atoms with Crippen LogP contribution in [0, 0.1) is 0 Å². The number of aliphatic carboxylic acids is 2. The van der Waals surface area contributed by atoms with Crippen molar-refractivity contribution in [3.63, 3.8) is 0 Å². The van der Waals surface area contributed by atoms with Gasteiger partial charge in [-0.25, -0.2) is 0 Å². The largest absolute Gasteiger partial charge is 0.481 e. The average Bonchev–Trinajstić information content (AvgIpc) is 2.28. The fraction of sp³-hybridized carbons (Fsp3) is 0.250. The van der Waals surface area contributed by atoms with Crippen LogP contribution in [-0.4, -0.2) is 27.3 Å². The van der Waals surface area contributed by atoms with Crippen molar-refractivity contribution in [1.29, 1.82) is 0 Å². The summed E-state index contributed by atoms with van der Waals surface area (Å²) in [7, 11) is 0. The Hall–Kier alpha value is -2.04. The summed E-state index contributed by atoms with van der Waals surface area (Å²) in [5, 5.41) is 19.7. The lowest BCUT2D eigenvalue weighted by Crippen LogP contribution is -2.11. The molecule has 1 rings (SSSR count). The van der Waals surface area contributed by atoms with Crippen LogP contribution in [0.3, 0.4) is 0 Å². The number of isothiocyanates is 1. The molecule has 0 aliphatic heterocycles. The molecule has 1 aromatic rings. The van der Waals surface area contributed by atoms with E-state index in [1.54, 1.807) is 24.3 Å². The number of hydrogen-bond donors (Lipinski definition) is 2. The molecular formula is C12H11NO4S. The Morgan fingerprint density at radius 2 is 1.67 bits per heavy atom. The van der Waals surface area contributed by atoms with Crippen LogP contribution in [0.4, 0.5) is 5.69 Å². The normalized spacial score (nSPS) is 9.83. The first-order valence-corrected chi connectivity index (χ1v) is 5.55. The number of benzene rings is 1. The van der Waals surface area contributed by atoms with Crippen LogP contribution >= 0.6 is 12.2 Å². The van der Waals surface area contributed by atoms with Crippen LogP contribution in [0.1, 0.15) is 24.3 Å². The van der Waals surface area contributed by atoms with Gasteiger partial charge in [-0.1, -0.05) is 12.1 Å². The Morgan fingerprint density at radius 1 is 1.17 bits per heavy atom. The number of hydrogen-bond acceptors (Lipinski definition) is 4. The van der Waals surface area contributed by atoms with Crippen LogP contribution < -0.4 is 0 Å². The summed E-state index contributed by atoms with van der Waals surface area (Å²) < 4.78 is 0. The zero-order chi connectivity index (χ0) is 13.5. The molecule has 0 atom stereocenters. The predicted octanol–water partition coefficient (Wildman–Crippen LogP) is 2.45. The molecule has 0 bridgehead atoms. The van der Waals surface area contributed by atoms with Gasteiger partial charge in [-0.3, -0.25) is 9.59 Å². The molecule has 0 unspecified atom stereocenters. The summed E-state index contributed by atoms with van der Waals surface area (Å²) in [5.74, 6) is -2.60. The highest BCUT2D eigenvalue weighted by Gasteiger charge is 2.18. The van der Waals surface area contributed by atoms with Crippen molar-refractivity contribution in [2.75, 3.05) is 0 Å². The minimum absolute atomic E-state index is 0.220. The number of carbonyl (C=O) groups is 2. The molecule has 6 heteroatoms. The molecule has 1 aromatic carbocycles. The molecule has 2 N–H and O–H groups in total. The third kappa shape index (κ3) is 4.45. The first-order valence-electron chi connectivity index (χ1n) is 5.14. The summed E-state index contributed by atoms with van der Waals surface area (Å²) >= 11 is 4.46. The lowest BCUT2D eigenvalue weighted by Gasteiger charge is -2.12. The Morgan fingerprint density at radius 3 is 2.06 bits per heavy atom. The zero-order valence-electron chi connectivity index (χ0n) is 9.37. The Kier molecular flexibility index (Phi) is 5.17. The summed E-state index contributed by atoms with van der Waals surface area (Å²) in [6, 6.07) is 6.60. The van der Waals surface area contributed by atoms with Gasteiger partial charge in [0, 0.05) is 5.92 Å². The van der Waals surface area contributed by atoms with E-state index < -0.39 is 17.9 Å². The van der Waals surface area contributed by atoms with Gasteiger partial charge in [-0.15, -0.1) is 0 Å². The molecule has 94 valence electrons. The molecule has 0 aliphatic carbocycles. The van der Waals surface area contributed by atoms with E-state index >= 15 is 0 Å². The van der Waals surface area contributed by atoms with Gasteiger partial charge in [0.1, 0.15) is 0 Å².